The van der Waals surface area contributed by atoms with Crippen LogP contribution in [0.2, 0.25) is 0 Å². The molecule has 5 nitrogen and oxygen atoms in total. The maximum absolute atomic E-state index is 12.6. The van der Waals surface area contributed by atoms with Crippen LogP contribution >= 0.6 is 0 Å². The molecule has 0 aromatic rings. The fraction of sp³-hybridized carbons (Fsp3) is 0.767. The first-order chi connectivity index (χ1) is 23.6. The topological polar surface area (TPSA) is 61.8 Å². The molecule has 5 heteroatoms. The molecule has 0 radical (unpaired) electrons. The van der Waals surface area contributed by atoms with Gasteiger partial charge < -0.3 is 14.2 Å². The van der Waals surface area contributed by atoms with E-state index in [1.54, 1.807) is 0 Å². The Morgan fingerprint density at radius 2 is 0.938 bits per heavy atom. The van der Waals surface area contributed by atoms with Crippen molar-refractivity contribution in [1.29, 1.82) is 0 Å². The fourth-order valence-electron chi connectivity index (χ4n) is 5.40. The molecule has 0 fully saturated rings. The first-order valence-electron chi connectivity index (χ1n) is 20.2. The number of rotatable bonds is 36. The quantitative estimate of drug-likeness (QED) is 0.0376. The highest BCUT2D eigenvalue weighted by molar-refractivity contribution is 5.70. The first-order valence-corrected chi connectivity index (χ1v) is 20.2. The Bertz CT molecular complexity index is 812. The van der Waals surface area contributed by atoms with Crippen molar-refractivity contribution in [3.8, 4) is 0 Å². The molecule has 1 atom stereocenters. The maximum Gasteiger partial charge on any atom is 0.306 e. The average Bonchev–Trinajstić information content (AvgIpc) is 3.08. The molecule has 48 heavy (non-hydrogen) atoms. The minimum Gasteiger partial charge on any atom is -0.462 e. The van der Waals surface area contributed by atoms with Crippen molar-refractivity contribution in [2.24, 2.45) is 0 Å². The summed E-state index contributed by atoms with van der Waals surface area (Å²) in [4.78, 5) is 25.0. The fourth-order valence-corrected chi connectivity index (χ4v) is 5.40. The molecule has 0 aliphatic rings. The van der Waals surface area contributed by atoms with Crippen LogP contribution in [0.5, 0.6) is 0 Å². The number of unbranched alkanes of at least 4 members (excludes halogenated alkanes) is 17. The molecule has 0 aromatic heterocycles. The maximum atomic E-state index is 12.6. The van der Waals surface area contributed by atoms with E-state index in [9.17, 15) is 9.59 Å². The molecule has 0 aliphatic carbocycles. The number of hydrogen-bond acceptors (Lipinski definition) is 5. The molecule has 278 valence electrons. The van der Waals surface area contributed by atoms with E-state index >= 15 is 0 Å². The predicted molar refractivity (Wildman–Crippen MR) is 205 cm³/mol. The van der Waals surface area contributed by atoms with Gasteiger partial charge in [-0.15, -0.1) is 0 Å². The third kappa shape index (κ3) is 36.7. The second-order valence-electron chi connectivity index (χ2n) is 13.2. The van der Waals surface area contributed by atoms with Gasteiger partial charge in [-0.05, 0) is 44.9 Å². The van der Waals surface area contributed by atoms with E-state index in [0.717, 1.165) is 51.4 Å². The Morgan fingerprint density at radius 3 is 1.46 bits per heavy atom. The number of allylic oxidation sites excluding steroid dienone is 8. The van der Waals surface area contributed by atoms with Crippen LogP contribution in [0.25, 0.3) is 0 Å². The van der Waals surface area contributed by atoms with Gasteiger partial charge in [0.25, 0.3) is 0 Å². The van der Waals surface area contributed by atoms with E-state index in [2.05, 4.69) is 63.3 Å². The van der Waals surface area contributed by atoms with E-state index in [-0.39, 0.29) is 25.2 Å². The highest BCUT2D eigenvalue weighted by Crippen LogP contribution is 2.14. The third-order valence-corrected chi connectivity index (χ3v) is 8.39. The second-order valence-corrected chi connectivity index (χ2v) is 13.2. The molecule has 1 unspecified atom stereocenters. The molecule has 0 aliphatic heterocycles. The molecule has 0 bridgehead atoms. The summed E-state index contributed by atoms with van der Waals surface area (Å²) in [6.45, 7) is 7.59. The third-order valence-electron chi connectivity index (χ3n) is 8.39. The lowest BCUT2D eigenvalue weighted by molar-refractivity contribution is -0.162. The van der Waals surface area contributed by atoms with Crippen LogP contribution in [0.4, 0.5) is 0 Å². The van der Waals surface area contributed by atoms with E-state index < -0.39 is 6.10 Å². The Kier molecular flexibility index (Phi) is 37.5. The van der Waals surface area contributed by atoms with Gasteiger partial charge in [0.15, 0.2) is 6.10 Å². The Hall–Kier alpha value is -2.14. The van der Waals surface area contributed by atoms with Gasteiger partial charge in [0.2, 0.25) is 0 Å². The normalized spacial score (nSPS) is 12.6. The van der Waals surface area contributed by atoms with Crippen molar-refractivity contribution in [1.82, 2.24) is 0 Å². The minimum absolute atomic E-state index is 0.0495. The molecule has 0 rings (SSSR count). The van der Waals surface area contributed by atoms with Gasteiger partial charge in [-0.3, -0.25) is 9.59 Å². The molecular weight excluding hydrogens is 596 g/mol. The van der Waals surface area contributed by atoms with Crippen molar-refractivity contribution >= 4 is 11.9 Å². The number of ether oxygens (including phenoxy) is 3. The van der Waals surface area contributed by atoms with E-state index in [1.165, 1.54) is 96.3 Å². The van der Waals surface area contributed by atoms with Crippen molar-refractivity contribution in [2.75, 3.05) is 19.8 Å². The van der Waals surface area contributed by atoms with Crippen LogP contribution in [-0.4, -0.2) is 37.9 Å². The predicted octanol–water partition coefficient (Wildman–Crippen LogP) is 12.9. The molecular formula is C43H76O5. The van der Waals surface area contributed by atoms with Crippen LogP contribution in [-0.2, 0) is 23.8 Å². The van der Waals surface area contributed by atoms with Gasteiger partial charge in [-0.1, -0.05) is 179 Å². The smallest absolute Gasteiger partial charge is 0.306 e. The van der Waals surface area contributed by atoms with Crippen molar-refractivity contribution in [3.05, 3.63) is 48.6 Å². The standard InChI is InChI=1S/C43H76O5/c1-4-7-10-13-16-18-20-22-24-26-28-30-33-36-42(44)47-40-41(39-46-38-35-32-15-12-9-6-3)48-43(45)37-34-31-29-27-25-23-21-19-17-14-11-8-5-2/h7,10,16,18,22,24,28,30,41H,4-6,8-9,11-15,17,19-21,23,25-27,29,31-40H2,1-3H3/b10-7-,18-16-,24-22-,30-28-. The minimum atomic E-state index is -0.555. The second kappa shape index (κ2) is 39.3. The molecule has 0 spiro atoms. The SMILES string of the molecule is CC/C=C\C/C=C\C/C=C\C/C=C\CCC(=O)OCC(COCCCCCCCC)OC(=O)CCCCCCCCCCCCCCC. The van der Waals surface area contributed by atoms with Crippen molar-refractivity contribution in [2.45, 2.75) is 194 Å². The summed E-state index contributed by atoms with van der Waals surface area (Å²) in [6, 6.07) is 0. The molecule has 0 N–H and O–H groups in total. The van der Waals surface area contributed by atoms with Gasteiger partial charge in [0.05, 0.1) is 6.61 Å². The number of hydrogen-bond donors (Lipinski definition) is 0. The Morgan fingerprint density at radius 1 is 0.479 bits per heavy atom. The summed E-state index contributed by atoms with van der Waals surface area (Å²) in [7, 11) is 0. The lowest BCUT2D eigenvalue weighted by atomic mass is 10.0. The average molecular weight is 673 g/mol. The Labute approximate surface area is 297 Å². The highest BCUT2D eigenvalue weighted by Gasteiger charge is 2.17. The van der Waals surface area contributed by atoms with Gasteiger partial charge in [0, 0.05) is 19.4 Å². The van der Waals surface area contributed by atoms with Crippen LogP contribution < -0.4 is 0 Å². The van der Waals surface area contributed by atoms with Crippen LogP contribution in [0.15, 0.2) is 48.6 Å². The summed E-state index contributed by atoms with van der Waals surface area (Å²) in [6.07, 6.45) is 45.5. The lowest BCUT2D eigenvalue weighted by Crippen LogP contribution is -2.30. The van der Waals surface area contributed by atoms with Gasteiger partial charge in [-0.2, -0.15) is 0 Å². The molecule has 0 heterocycles. The monoisotopic (exact) mass is 673 g/mol. The van der Waals surface area contributed by atoms with E-state index in [0.29, 0.717) is 25.9 Å². The van der Waals surface area contributed by atoms with Crippen molar-refractivity contribution < 1.29 is 23.8 Å². The molecule has 0 saturated heterocycles. The highest BCUT2D eigenvalue weighted by atomic mass is 16.6. The van der Waals surface area contributed by atoms with Crippen LogP contribution in [0.1, 0.15) is 188 Å². The van der Waals surface area contributed by atoms with Gasteiger partial charge in [-0.25, -0.2) is 0 Å². The van der Waals surface area contributed by atoms with Gasteiger partial charge in [0.1, 0.15) is 6.61 Å². The molecule has 0 saturated carbocycles. The summed E-state index contributed by atoms with van der Waals surface area (Å²) in [5.41, 5.74) is 0. The molecule has 0 aromatic carbocycles. The Balaban J connectivity index is 4.25. The van der Waals surface area contributed by atoms with Crippen molar-refractivity contribution in [3.63, 3.8) is 0 Å². The van der Waals surface area contributed by atoms with E-state index in [4.69, 9.17) is 14.2 Å². The van der Waals surface area contributed by atoms with Crippen LogP contribution in [0.3, 0.4) is 0 Å². The number of carbonyl (C=O) groups is 2. The summed E-state index contributed by atoms with van der Waals surface area (Å²) in [5.74, 6) is -0.493. The summed E-state index contributed by atoms with van der Waals surface area (Å²) < 4.78 is 17.1. The van der Waals surface area contributed by atoms with Gasteiger partial charge >= 0.3 is 11.9 Å². The lowest BCUT2D eigenvalue weighted by Gasteiger charge is -2.18. The zero-order valence-electron chi connectivity index (χ0n) is 31.7. The van der Waals surface area contributed by atoms with E-state index in [1.807, 2.05) is 6.08 Å². The number of carbonyl (C=O) groups excluding carboxylic acids is 2. The van der Waals surface area contributed by atoms with Crippen LogP contribution in [0, 0.1) is 0 Å². The summed E-state index contributed by atoms with van der Waals surface area (Å²) in [5, 5.41) is 0. The first kappa shape index (κ1) is 45.9. The summed E-state index contributed by atoms with van der Waals surface area (Å²) >= 11 is 0. The largest absolute Gasteiger partial charge is 0.462 e. The zero-order chi connectivity index (χ0) is 35.0. The zero-order valence-corrected chi connectivity index (χ0v) is 31.7. The molecule has 0 amide bonds. The number of esters is 2.